The fourth-order valence-corrected chi connectivity index (χ4v) is 2.97. The monoisotopic (exact) mass is 373 g/mol. The van der Waals surface area contributed by atoms with E-state index in [2.05, 4.69) is 12.2 Å². The molecule has 0 saturated heterocycles. The zero-order valence-electron chi connectivity index (χ0n) is 14.9. The Morgan fingerprint density at radius 3 is 2.35 bits per heavy atom. The van der Waals surface area contributed by atoms with Crippen LogP contribution in [0.15, 0.2) is 48.5 Å². The largest absolute Gasteiger partial charge is 0.482 e. The lowest BCUT2D eigenvalue weighted by molar-refractivity contribution is -0.139. The van der Waals surface area contributed by atoms with E-state index < -0.39 is 5.97 Å². The zero-order chi connectivity index (χ0) is 18.9. The second-order valence-corrected chi connectivity index (χ2v) is 7.05. The number of carboxylic acids is 1. The van der Waals surface area contributed by atoms with Crippen molar-refractivity contribution >= 4 is 23.6 Å². The van der Waals surface area contributed by atoms with Crippen molar-refractivity contribution in [3.8, 4) is 5.75 Å². The van der Waals surface area contributed by atoms with E-state index in [0.717, 1.165) is 17.1 Å². The van der Waals surface area contributed by atoms with Crippen molar-refractivity contribution in [3.05, 3.63) is 65.2 Å². The van der Waals surface area contributed by atoms with Crippen molar-refractivity contribution in [1.82, 2.24) is 5.32 Å². The lowest BCUT2D eigenvalue weighted by Gasteiger charge is -2.15. The summed E-state index contributed by atoms with van der Waals surface area (Å²) in [6.45, 7) is 3.65. The van der Waals surface area contributed by atoms with Crippen LogP contribution in [-0.2, 0) is 10.5 Å². The highest BCUT2D eigenvalue weighted by Gasteiger charge is 2.12. The van der Waals surface area contributed by atoms with Gasteiger partial charge in [0.15, 0.2) is 6.61 Å². The van der Waals surface area contributed by atoms with Crippen LogP contribution in [0.5, 0.6) is 5.75 Å². The number of thioether (sulfide) groups is 1. The van der Waals surface area contributed by atoms with Crippen molar-refractivity contribution in [2.75, 3.05) is 12.4 Å². The lowest BCUT2D eigenvalue weighted by Crippen LogP contribution is -2.26. The normalized spacial score (nSPS) is 11.6. The van der Waals surface area contributed by atoms with Crippen LogP contribution in [0.3, 0.4) is 0 Å². The summed E-state index contributed by atoms with van der Waals surface area (Å²) in [5.41, 5.74) is 2.75. The van der Waals surface area contributed by atoms with Crippen molar-refractivity contribution < 1.29 is 19.4 Å². The number of carbonyl (C=O) groups is 2. The second kappa shape index (κ2) is 9.87. The van der Waals surface area contributed by atoms with Crippen LogP contribution in [0.4, 0.5) is 0 Å². The lowest BCUT2D eigenvalue weighted by atomic mass is 10.1. The molecule has 0 spiro atoms. The fraction of sp³-hybridized carbons (Fsp3) is 0.300. The molecular weight excluding hydrogens is 350 g/mol. The summed E-state index contributed by atoms with van der Waals surface area (Å²) < 4.78 is 5.10. The number of aliphatic carboxylic acids is 1. The molecule has 0 saturated carbocycles. The van der Waals surface area contributed by atoms with E-state index in [1.807, 2.05) is 55.1 Å². The second-order valence-electron chi connectivity index (χ2n) is 5.78. The Morgan fingerprint density at radius 2 is 1.77 bits per heavy atom. The molecule has 0 aliphatic heterocycles. The molecule has 2 aromatic rings. The number of rotatable bonds is 9. The van der Waals surface area contributed by atoms with Gasteiger partial charge in [-0.1, -0.05) is 31.2 Å². The standard InChI is InChI=1S/C20H23NO4S/c1-3-26-13-15-4-6-17(7-5-15)20(24)21-14(2)16-8-10-18(11-9-16)25-12-19(22)23/h4-11,14H,3,12-13H2,1-2H3,(H,21,24)(H,22,23). The third-order valence-corrected chi connectivity index (χ3v) is 4.72. The number of carbonyl (C=O) groups excluding carboxylic acids is 1. The topological polar surface area (TPSA) is 75.6 Å². The van der Waals surface area contributed by atoms with Crippen LogP contribution in [0, 0.1) is 0 Å². The Balaban J connectivity index is 1.92. The van der Waals surface area contributed by atoms with Gasteiger partial charge in [0.1, 0.15) is 5.75 Å². The molecule has 2 N–H and O–H groups in total. The molecule has 0 fully saturated rings. The van der Waals surface area contributed by atoms with Gasteiger partial charge in [-0.15, -0.1) is 0 Å². The van der Waals surface area contributed by atoms with E-state index >= 15 is 0 Å². The molecule has 0 radical (unpaired) electrons. The summed E-state index contributed by atoms with van der Waals surface area (Å²) in [5.74, 6) is 1.35. The Kier molecular flexibility index (Phi) is 7.53. The summed E-state index contributed by atoms with van der Waals surface area (Å²) in [7, 11) is 0. The minimum absolute atomic E-state index is 0.126. The Morgan fingerprint density at radius 1 is 1.12 bits per heavy atom. The number of hydrogen-bond acceptors (Lipinski definition) is 4. The van der Waals surface area contributed by atoms with Gasteiger partial charge in [0.25, 0.3) is 5.91 Å². The van der Waals surface area contributed by atoms with Crippen molar-refractivity contribution in [1.29, 1.82) is 0 Å². The fourth-order valence-electron chi connectivity index (χ4n) is 2.33. The quantitative estimate of drug-likeness (QED) is 0.697. The molecule has 26 heavy (non-hydrogen) atoms. The van der Waals surface area contributed by atoms with Gasteiger partial charge >= 0.3 is 5.97 Å². The van der Waals surface area contributed by atoms with Crippen molar-refractivity contribution in [2.45, 2.75) is 25.6 Å². The van der Waals surface area contributed by atoms with Crippen LogP contribution in [0.2, 0.25) is 0 Å². The first-order valence-electron chi connectivity index (χ1n) is 8.41. The smallest absolute Gasteiger partial charge is 0.341 e. The molecule has 1 unspecified atom stereocenters. The first kappa shape index (κ1) is 19.8. The summed E-state index contributed by atoms with van der Waals surface area (Å²) in [4.78, 5) is 22.9. The average molecular weight is 373 g/mol. The molecule has 0 aliphatic rings. The number of benzene rings is 2. The van der Waals surface area contributed by atoms with Crippen LogP contribution < -0.4 is 10.1 Å². The van der Waals surface area contributed by atoms with E-state index in [0.29, 0.717) is 11.3 Å². The third-order valence-electron chi connectivity index (χ3n) is 3.78. The van der Waals surface area contributed by atoms with E-state index in [9.17, 15) is 9.59 Å². The van der Waals surface area contributed by atoms with E-state index in [1.165, 1.54) is 5.56 Å². The predicted octanol–water partition coefficient (Wildman–Crippen LogP) is 3.89. The maximum Gasteiger partial charge on any atom is 0.341 e. The number of nitrogens with one attached hydrogen (secondary N) is 1. The molecule has 2 aromatic carbocycles. The number of amides is 1. The van der Waals surface area contributed by atoms with E-state index in [4.69, 9.17) is 9.84 Å². The minimum Gasteiger partial charge on any atom is -0.482 e. The summed E-state index contributed by atoms with van der Waals surface area (Å²) in [6, 6.07) is 14.5. The first-order valence-corrected chi connectivity index (χ1v) is 9.57. The van der Waals surface area contributed by atoms with Crippen LogP contribution in [0.25, 0.3) is 0 Å². The van der Waals surface area contributed by atoms with Gasteiger partial charge in [-0.3, -0.25) is 4.79 Å². The maximum absolute atomic E-state index is 12.4. The van der Waals surface area contributed by atoms with Gasteiger partial charge in [0.05, 0.1) is 6.04 Å². The minimum atomic E-state index is -1.02. The van der Waals surface area contributed by atoms with Gasteiger partial charge in [-0.05, 0) is 48.1 Å². The average Bonchev–Trinajstić information content (AvgIpc) is 2.65. The molecule has 0 bridgehead atoms. The van der Waals surface area contributed by atoms with Crippen LogP contribution in [-0.4, -0.2) is 29.3 Å². The third kappa shape index (κ3) is 6.11. The first-order chi connectivity index (χ1) is 12.5. The van der Waals surface area contributed by atoms with E-state index in [-0.39, 0.29) is 18.6 Å². The van der Waals surface area contributed by atoms with Crippen LogP contribution in [0.1, 0.15) is 41.4 Å². The van der Waals surface area contributed by atoms with Crippen molar-refractivity contribution in [3.63, 3.8) is 0 Å². The predicted molar refractivity (Wildman–Crippen MR) is 104 cm³/mol. The highest BCUT2D eigenvalue weighted by Crippen LogP contribution is 2.18. The molecule has 5 nitrogen and oxygen atoms in total. The Labute approximate surface area is 157 Å². The maximum atomic E-state index is 12.4. The summed E-state index contributed by atoms with van der Waals surface area (Å²) in [5, 5.41) is 11.6. The molecular formula is C20H23NO4S. The molecule has 6 heteroatoms. The Bertz CT molecular complexity index is 728. The summed E-state index contributed by atoms with van der Waals surface area (Å²) >= 11 is 1.85. The number of carboxylic acid groups (broad SMARTS) is 1. The SMILES string of the molecule is CCSCc1ccc(C(=O)NC(C)c2ccc(OCC(=O)O)cc2)cc1. The highest BCUT2D eigenvalue weighted by molar-refractivity contribution is 7.98. The van der Waals surface area contributed by atoms with Gasteiger partial charge in [0.2, 0.25) is 0 Å². The van der Waals surface area contributed by atoms with Gasteiger partial charge in [0, 0.05) is 11.3 Å². The number of hydrogen-bond donors (Lipinski definition) is 2. The molecule has 138 valence electrons. The van der Waals surface area contributed by atoms with Crippen LogP contribution >= 0.6 is 11.8 Å². The molecule has 0 aromatic heterocycles. The summed E-state index contributed by atoms with van der Waals surface area (Å²) in [6.07, 6.45) is 0. The zero-order valence-corrected chi connectivity index (χ0v) is 15.7. The van der Waals surface area contributed by atoms with Gasteiger partial charge in [-0.2, -0.15) is 11.8 Å². The molecule has 1 amide bonds. The number of ether oxygens (including phenoxy) is 1. The molecule has 1 atom stereocenters. The molecule has 2 rings (SSSR count). The molecule has 0 heterocycles. The highest BCUT2D eigenvalue weighted by atomic mass is 32.2. The molecule has 0 aliphatic carbocycles. The van der Waals surface area contributed by atoms with Crippen molar-refractivity contribution in [2.24, 2.45) is 0 Å². The van der Waals surface area contributed by atoms with Gasteiger partial charge < -0.3 is 15.2 Å². The van der Waals surface area contributed by atoms with Gasteiger partial charge in [-0.25, -0.2) is 4.79 Å². The Hall–Kier alpha value is -2.47. The van der Waals surface area contributed by atoms with E-state index in [1.54, 1.807) is 12.1 Å².